The maximum Gasteiger partial charge on any atom is 0.322 e. The van der Waals surface area contributed by atoms with E-state index >= 15 is 0 Å². The minimum absolute atomic E-state index is 0.155. The van der Waals surface area contributed by atoms with E-state index < -0.39 is 0 Å². The second kappa shape index (κ2) is 7.97. The minimum atomic E-state index is -0.227. The van der Waals surface area contributed by atoms with E-state index in [1.807, 2.05) is 35.2 Å². The van der Waals surface area contributed by atoms with E-state index in [0.717, 1.165) is 22.5 Å². The third kappa shape index (κ3) is 3.71. The van der Waals surface area contributed by atoms with Gasteiger partial charge in [0.15, 0.2) is 0 Å². The highest BCUT2D eigenvalue weighted by Crippen LogP contribution is 2.37. The monoisotopic (exact) mass is 427 g/mol. The smallest absolute Gasteiger partial charge is 0.318 e. The number of aromatic nitrogens is 1. The third-order valence-electron chi connectivity index (χ3n) is 5.71. The number of hydrogen-bond acceptors (Lipinski definition) is 1. The number of urea groups is 1. The first kappa shape index (κ1) is 19.5. The van der Waals surface area contributed by atoms with Crippen LogP contribution in [0.1, 0.15) is 28.4 Å². The summed E-state index contributed by atoms with van der Waals surface area (Å²) in [6, 6.07) is 27.6. The van der Waals surface area contributed by atoms with E-state index in [1.54, 1.807) is 12.1 Å². The van der Waals surface area contributed by atoms with Gasteiger partial charge in [0.25, 0.3) is 0 Å². The molecule has 1 aromatic heterocycles. The van der Waals surface area contributed by atoms with Crippen LogP contribution < -0.4 is 5.32 Å². The van der Waals surface area contributed by atoms with Gasteiger partial charge in [0, 0.05) is 22.6 Å². The summed E-state index contributed by atoms with van der Waals surface area (Å²) in [7, 11) is 0. The van der Waals surface area contributed by atoms with E-state index in [0.29, 0.717) is 17.3 Å². The summed E-state index contributed by atoms with van der Waals surface area (Å²) < 4.78 is 2.19. The van der Waals surface area contributed by atoms with E-state index in [9.17, 15) is 4.79 Å². The van der Waals surface area contributed by atoms with Crippen LogP contribution in [0.4, 0.5) is 10.5 Å². The van der Waals surface area contributed by atoms with Crippen molar-refractivity contribution in [1.82, 2.24) is 9.47 Å². The molecule has 4 aromatic rings. The molecule has 1 unspecified atom stereocenters. The van der Waals surface area contributed by atoms with E-state index in [4.69, 9.17) is 11.6 Å². The number of nitrogens with zero attached hydrogens (tertiary/aromatic N) is 2. The zero-order valence-corrected chi connectivity index (χ0v) is 17.9. The lowest BCUT2D eigenvalue weighted by molar-refractivity contribution is 0.194. The molecular weight excluding hydrogens is 406 g/mol. The second-order valence-corrected chi connectivity index (χ2v) is 8.25. The first-order valence-corrected chi connectivity index (χ1v) is 10.6. The molecule has 2 amide bonds. The Labute approximate surface area is 186 Å². The molecule has 1 N–H and O–H groups in total. The fourth-order valence-corrected chi connectivity index (χ4v) is 4.29. The van der Waals surface area contributed by atoms with Crippen LogP contribution in [0.25, 0.3) is 5.69 Å². The Balaban J connectivity index is 1.62. The number of anilines is 1. The molecule has 1 aliphatic rings. The SMILES string of the molecule is Cc1ccc(C2c3cccn3-c3ccccc3CN2C(=O)Nc2ccc(Cl)cc2)cc1. The van der Waals surface area contributed by atoms with Crippen molar-refractivity contribution in [1.29, 1.82) is 0 Å². The first-order valence-electron chi connectivity index (χ1n) is 10.3. The average Bonchev–Trinajstić information content (AvgIpc) is 3.20. The van der Waals surface area contributed by atoms with Gasteiger partial charge in [0.2, 0.25) is 0 Å². The fourth-order valence-electron chi connectivity index (χ4n) is 4.17. The van der Waals surface area contributed by atoms with Crippen molar-refractivity contribution in [2.24, 2.45) is 0 Å². The molecule has 0 saturated carbocycles. The van der Waals surface area contributed by atoms with Crippen LogP contribution in [0.5, 0.6) is 0 Å². The van der Waals surface area contributed by atoms with E-state index in [-0.39, 0.29) is 12.1 Å². The van der Waals surface area contributed by atoms with Crippen molar-refractivity contribution < 1.29 is 4.79 Å². The molecule has 0 bridgehead atoms. The summed E-state index contributed by atoms with van der Waals surface area (Å²) in [5.41, 5.74) is 6.23. The number of carbonyl (C=O) groups excluding carboxylic acids is 1. The number of aryl methyl sites for hydroxylation is 1. The van der Waals surface area contributed by atoms with Gasteiger partial charge in [-0.1, -0.05) is 59.6 Å². The molecule has 0 aliphatic carbocycles. The lowest BCUT2D eigenvalue weighted by Crippen LogP contribution is -2.37. The average molecular weight is 428 g/mol. The van der Waals surface area contributed by atoms with Gasteiger partial charge in [-0.05, 0) is 60.5 Å². The summed E-state index contributed by atoms with van der Waals surface area (Å²) in [5.74, 6) is 0. The Morgan fingerprint density at radius 1 is 0.935 bits per heavy atom. The van der Waals surface area contributed by atoms with Crippen molar-refractivity contribution in [2.75, 3.05) is 5.32 Å². The van der Waals surface area contributed by atoms with Gasteiger partial charge in [-0.2, -0.15) is 0 Å². The van der Waals surface area contributed by atoms with E-state index in [2.05, 4.69) is 65.5 Å². The van der Waals surface area contributed by atoms with Crippen LogP contribution in [0.15, 0.2) is 91.1 Å². The van der Waals surface area contributed by atoms with Crippen LogP contribution in [0.3, 0.4) is 0 Å². The molecule has 0 spiro atoms. The van der Waals surface area contributed by atoms with Gasteiger partial charge in [-0.25, -0.2) is 4.79 Å². The van der Waals surface area contributed by atoms with Gasteiger partial charge in [-0.3, -0.25) is 0 Å². The highest BCUT2D eigenvalue weighted by Gasteiger charge is 2.32. The molecule has 0 fully saturated rings. The number of benzene rings is 3. The van der Waals surface area contributed by atoms with Crippen LogP contribution >= 0.6 is 11.6 Å². The molecule has 1 atom stereocenters. The Morgan fingerprint density at radius 3 is 2.45 bits per heavy atom. The number of amides is 2. The molecule has 2 heterocycles. The number of nitrogens with one attached hydrogen (secondary N) is 1. The van der Waals surface area contributed by atoms with Crippen molar-refractivity contribution in [2.45, 2.75) is 19.5 Å². The summed E-state index contributed by atoms with van der Waals surface area (Å²) in [6.45, 7) is 2.57. The fraction of sp³-hybridized carbons (Fsp3) is 0.115. The molecule has 3 aromatic carbocycles. The molecule has 4 nitrogen and oxygen atoms in total. The van der Waals surface area contributed by atoms with Gasteiger partial charge in [-0.15, -0.1) is 0 Å². The Morgan fingerprint density at radius 2 is 1.68 bits per heavy atom. The third-order valence-corrected chi connectivity index (χ3v) is 5.97. The van der Waals surface area contributed by atoms with Crippen LogP contribution in [-0.2, 0) is 6.54 Å². The molecule has 5 heteroatoms. The number of rotatable bonds is 2. The predicted octanol–water partition coefficient (Wildman–Crippen LogP) is 6.58. The highest BCUT2D eigenvalue weighted by atomic mass is 35.5. The lowest BCUT2D eigenvalue weighted by Gasteiger charge is -2.31. The number of carbonyl (C=O) groups is 1. The predicted molar refractivity (Wildman–Crippen MR) is 125 cm³/mol. The largest absolute Gasteiger partial charge is 0.322 e. The van der Waals surface area contributed by atoms with Crippen molar-refractivity contribution in [3.8, 4) is 5.69 Å². The Kier molecular flexibility index (Phi) is 5.00. The van der Waals surface area contributed by atoms with Gasteiger partial charge >= 0.3 is 6.03 Å². The molecule has 1 aliphatic heterocycles. The quantitative estimate of drug-likeness (QED) is 0.385. The number of para-hydroxylation sites is 1. The van der Waals surface area contributed by atoms with Crippen LogP contribution in [0, 0.1) is 6.92 Å². The molecule has 0 saturated heterocycles. The topological polar surface area (TPSA) is 37.3 Å². The first-order chi connectivity index (χ1) is 15.1. The number of fused-ring (bicyclic) bond motifs is 3. The standard InChI is InChI=1S/C26H22ClN3O/c1-18-8-10-19(11-9-18)25-24-7-4-16-29(24)23-6-3-2-5-20(23)17-30(25)26(31)28-22-14-12-21(27)13-15-22/h2-16,25H,17H2,1H3,(H,28,31). The number of hydrogen-bond donors (Lipinski definition) is 1. The number of halogens is 1. The summed E-state index contributed by atoms with van der Waals surface area (Å²) in [6.07, 6.45) is 2.07. The molecule has 0 radical (unpaired) electrons. The van der Waals surface area contributed by atoms with Crippen molar-refractivity contribution in [3.05, 3.63) is 119 Å². The summed E-state index contributed by atoms with van der Waals surface area (Å²) >= 11 is 6.01. The summed E-state index contributed by atoms with van der Waals surface area (Å²) in [4.78, 5) is 15.5. The molecule has 154 valence electrons. The molecular formula is C26H22ClN3O. The second-order valence-electron chi connectivity index (χ2n) is 7.81. The van der Waals surface area contributed by atoms with Crippen LogP contribution in [0.2, 0.25) is 5.02 Å². The molecule has 5 rings (SSSR count). The maximum absolute atomic E-state index is 13.6. The van der Waals surface area contributed by atoms with Gasteiger partial charge in [0.05, 0.1) is 18.3 Å². The Bertz CT molecular complexity index is 1230. The van der Waals surface area contributed by atoms with Crippen molar-refractivity contribution in [3.63, 3.8) is 0 Å². The summed E-state index contributed by atoms with van der Waals surface area (Å²) in [5, 5.41) is 3.69. The lowest BCUT2D eigenvalue weighted by atomic mass is 10.0. The minimum Gasteiger partial charge on any atom is -0.318 e. The molecule has 31 heavy (non-hydrogen) atoms. The van der Waals surface area contributed by atoms with Gasteiger partial charge in [0.1, 0.15) is 0 Å². The van der Waals surface area contributed by atoms with Gasteiger partial charge < -0.3 is 14.8 Å². The van der Waals surface area contributed by atoms with Crippen LogP contribution in [-0.4, -0.2) is 15.5 Å². The maximum atomic E-state index is 13.6. The zero-order chi connectivity index (χ0) is 21.4. The Hall–Kier alpha value is -3.50. The normalized spacial score (nSPS) is 15.0. The highest BCUT2D eigenvalue weighted by molar-refractivity contribution is 6.30. The van der Waals surface area contributed by atoms with E-state index in [1.165, 1.54) is 5.56 Å². The van der Waals surface area contributed by atoms with Crippen molar-refractivity contribution >= 4 is 23.3 Å². The zero-order valence-electron chi connectivity index (χ0n) is 17.1.